The molecule has 0 aromatic heterocycles. The van der Waals surface area contributed by atoms with E-state index in [0.717, 1.165) is 19.6 Å². The molecule has 0 heterocycles. The van der Waals surface area contributed by atoms with E-state index < -0.39 is 0 Å². The molecule has 0 spiro atoms. The minimum Gasteiger partial charge on any atom is -0.502 e. The van der Waals surface area contributed by atoms with Crippen molar-refractivity contribution in [2.75, 3.05) is 20.2 Å². The smallest absolute Gasteiger partial charge is 0.0845 e. The number of hydrogen-bond acceptors (Lipinski definition) is 2. The van der Waals surface area contributed by atoms with Gasteiger partial charge in [-0.3, -0.25) is 0 Å². The summed E-state index contributed by atoms with van der Waals surface area (Å²) in [5, 5.41) is 3.04. The van der Waals surface area contributed by atoms with Crippen LogP contribution in [0.2, 0.25) is 0 Å². The van der Waals surface area contributed by atoms with Crippen LogP contribution in [-0.4, -0.2) is 20.2 Å². The average molecular weight is 129 g/mol. The standard InChI is InChI=1S/C7H15NO/c1-3-9-7-5-4-6-8-2/h5,7-8H,3-4,6H2,1-2H3. The lowest BCUT2D eigenvalue weighted by Gasteiger charge is -1.92. The van der Waals surface area contributed by atoms with Gasteiger partial charge in [0.25, 0.3) is 0 Å². The molecular formula is C7H15NO. The Morgan fingerprint density at radius 1 is 1.56 bits per heavy atom. The lowest BCUT2D eigenvalue weighted by atomic mass is 10.4. The zero-order valence-electron chi connectivity index (χ0n) is 6.18. The van der Waals surface area contributed by atoms with Crippen molar-refractivity contribution in [3.63, 3.8) is 0 Å². The highest BCUT2D eigenvalue weighted by Crippen LogP contribution is 1.81. The lowest BCUT2D eigenvalue weighted by molar-refractivity contribution is 0.268. The van der Waals surface area contributed by atoms with E-state index in [4.69, 9.17) is 4.74 Å². The molecule has 0 saturated carbocycles. The maximum Gasteiger partial charge on any atom is 0.0845 e. The highest BCUT2D eigenvalue weighted by Gasteiger charge is 1.74. The zero-order chi connectivity index (χ0) is 6.95. The summed E-state index contributed by atoms with van der Waals surface area (Å²) < 4.78 is 4.97. The van der Waals surface area contributed by atoms with E-state index in [0.29, 0.717) is 0 Å². The van der Waals surface area contributed by atoms with Gasteiger partial charge in [-0.25, -0.2) is 0 Å². The fraction of sp³-hybridized carbons (Fsp3) is 0.714. The third kappa shape index (κ3) is 7.50. The third-order valence-corrected chi connectivity index (χ3v) is 0.920. The number of rotatable bonds is 5. The molecule has 0 aliphatic rings. The summed E-state index contributed by atoms with van der Waals surface area (Å²) >= 11 is 0. The first-order valence-electron chi connectivity index (χ1n) is 3.33. The van der Waals surface area contributed by atoms with E-state index >= 15 is 0 Å². The van der Waals surface area contributed by atoms with Crippen molar-refractivity contribution < 1.29 is 4.74 Å². The second-order valence-corrected chi connectivity index (χ2v) is 1.72. The molecule has 0 aromatic rings. The van der Waals surface area contributed by atoms with Crippen molar-refractivity contribution in [1.82, 2.24) is 5.32 Å². The molecule has 0 rings (SSSR count). The molecule has 0 fully saturated rings. The SMILES string of the molecule is CCOC=CCCNC. The predicted molar refractivity (Wildman–Crippen MR) is 39.3 cm³/mol. The van der Waals surface area contributed by atoms with Gasteiger partial charge in [-0.2, -0.15) is 0 Å². The molecule has 0 aromatic carbocycles. The molecule has 0 atom stereocenters. The Bertz CT molecular complexity index is 71.3. The molecule has 54 valence electrons. The van der Waals surface area contributed by atoms with Crippen LogP contribution >= 0.6 is 0 Å². The van der Waals surface area contributed by atoms with Gasteiger partial charge in [-0.1, -0.05) is 0 Å². The maximum absolute atomic E-state index is 4.97. The van der Waals surface area contributed by atoms with Crippen LogP contribution in [0.4, 0.5) is 0 Å². The normalized spacial score (nSPS) is 10.4. The van der Waals surface area contributed by atoms with Gasteiger partial charge < -0.3 is 10.1 Å². The van der Waals surface area contributed by atoms with Crippen molar-refractivity contribution in [3.05, 3.63) is 12.3 Å². The van der Waals surface area contributed by atoms with Gasteiger partial charge in [0.05, 0.1) is 12.9 Å². The monoisotopic (exact) mass is 129 g/mol. The van der Waals surface area contributed by atoms with Crippen molar-refractivity contribution in [1.29, 1.82) is 0 Å². The van der Waals surface area contributed by atoms with E-state index in [9.17, 15) is 0 Å². The molecule has 9 heavy (non-hydrogen) atoms. The molecule has 0 aliphatic carbocycles. The quantitative estimate of drug-likeness (QED) is 0.444. The van der Waals surface area contributed by atoms with Gasteiger partial charge in [0, 0.05) is 0 Å². The summed E-state index contributed by atoms with van der Waals surface area (Å²) in [6, 6.07) is 0. The number of ether oxygens (including phenoxy) is 1. The largest absolute Gasteiger partial charge is 0.502 e. The lowest BCUT2D eigenvalue weighted by Crippen LogP contribution is -2.05. The fourth-order valence-electron chi connectivity index (χ4n) is 0.460. The van der Waals surface area contributed by atoms with Crippen LogP contribution in [0.5, 0.6) is 0 Å². The maximum atomic E-state index is 4.97. The van der Waals surface area contributed by atoms with Gasteiger partial charge in [-0.05, 0) is 33.0 Å². The van der Waals surface area contributed by atoms with Crippen molar-refractivity contribution >= 4 is 0 Å². The van der Waals surface area contributed by atoms with E-state index in [1.54, 1.807) is 6.26 Å². The minimum absolute atomic E-state index is 0.760. The summed E-state index contributed by atoms with van der Waals surface area (Å²) in [6.45, 7) is 3.75. The first-order valence-corrected chi connectivity index (χ1v) is 3.33. The summed E-state index contributed by atoms with van der Waals surface area (Å²) in [5.74, 6) is 0. The van der Waals surface area contributed by atoms with Crippen LogP contribution in [0.1, 0.15) is 13.3 Å². The molecule has 0 bridgehead atoms. The molecule has 0 unspecified atom stereocenters. The van der Waals surface area contributed by atoms with E-state index in [-0.39, 0.29) is 0 Å². The van der Waals surface area contributed by atoms with Crippen molar-refractivity contribution in [2.45, 2.75) is 13.3 Å². The van der Waals surface area contributed by atoms with Crippen LogP contribution in [0.3, 0.4) is 0 Å². The first kappa shape index (κ1) is 8.50. The van der Waals surface area contributed by atoms with Crippen LogP contribution < -0.4 is 5.32 Å². The van der Waals surface area contributed by atoms with Crippen LogP contribution in [0.25, 0.3) is 0 Å². The Kier molecular flexibility index (Phi) is 7.08. The molecule has 2 heteroatoms. The highest BCUT2D eigenvalue weighted by molar-refractivity contribution is 4.73. The fourth-order valence-corrected chi connectivity index (χ4v) is 0.460. The number of hydrogen-bond donors (Lipinski definition) is 1. The van der Waals surface area contributed by atoms with Crippen LogP contribution in [0.15, 0.2) is 12.3 Å². The molecule has 2 nitrogen and oxygen atoms in total. The predicted octanol–water partition coefficient (Wildman–Crippen LogP) is 1.15. The van der Waals surface area contributed by atoms with Gasteiger partial charge in [0.15, 0.2) is 0 Å². The molecule has 0 aliphatic heterocycles. The topological polar surface area (TPSA) is 21.3 Å². The van der Waals surface area contributed by atoms with E-state index in [1.807, 2.05) is 20.0 Å². The van der Waals surface area contributed by atoms with Gasteiger partial charge in [0.1, 0.15) is 0 Å². The van der Waals surface area contributed by atoms with Gasteiger partial charge in [-0.15, -0.1) is 0 Å². The summed E-state index contributed by atoms with van der Waals surface area (Å²) in [6.07, 6.45) is 4.80. The van der Waals surface area contributed by atoms with Crippen molar-refractivity contribution in [3.8, 4) is 0 Å². The number of nitrogens with one attached hydrogen (secondary N) is 1. The molecule has 0 radical (unpaired) electrons. The Hall–Kier alpha value is -0.500. The Labute approximate surface area is 56.9 Å². The summed E-state index contributed by atoms with van der Waals surface area (Å²) in [4.78, 5) is 0. The summed E-state index contributed by atoms with van der Waals surface area (Å²) in [5.41, 5.74) is 0. The molecule has 1 N–H and O–H groups in total. The van der Waals surface area contributed by atoms with Crippen LogP contribution in [0, 0.1) is 0 Å². The van der Waals surface area contributed by atoms with Crippen molar-refractivity contribution in [2.24, 2.45) is 0 Å². The zero-order valence-corrected chi connectivity index (χ0v) is 6.18. The Morgan fingerprint density at radius 2 is 2.33 bits per heavy atom. The van der Waals surface area contributed by atoms with Gasteiger partial charge >= 0.3 is 0 Å². The molecular weight excluding hydrogens is 114 g/mol. The van der Waals surface area contributed by atoms with E-state index in [2.05, 4.69) is 5.32 Å². The highest BCUT2D eigenvalue weighted by atomic mass is 16.5. The minimum atomic E-state index is 0.760. The molecule has 0 saturated heterocycles. The molecule has 0 amide bonds. The first-order chi connectivity index (χ1) is 4.41. The van der Waals surface area contributed by atoms with Crippen LogP contribution in [-0.2, 0) is 4.74 Å². The second kappa shape index (κ2) is 7.50. The Balaban J connectivity index is 2.86. The third-order valence-electron chi connectivity index (χ3n) is 0.920. The van der Waals surface area contributed by atoms with Gasteiger partial charge in [0.2, 0.25) is 0 Å². The average Bonchev–Trinajstić information content (AvgIpc) is 1.89. The summed E-state index contributed by atoms with van der Waals surface area (Å²) in [7, 11) is 1.94. The Morgan fingerprint density at radius 3 is 2.89 bits per heavy atom. The van der Waals surface area contributed by atoms with E-state index in [1.165, 1.54) is 0 Å². The second-order valence-electron chi connectivity index (χ2n) is 1.72.